The highest BCUT2D eigenvalue weighted by Gasteiger charge is 2.14. The Morgan fingerprint density at radius 2 is 2.09 bits per heavy atom. The Morgan fingerprint density at radius 3 is 2.82 bits per heavy atom. The van der Waals surface area contributed by atoms with E-state index in [9.17, 15) is 9.59 Å². The van der Waals surface area contributed by atoms with Gasteiger partial charge in [0.05, 0.1) is 16.3 Å². The smallest absolute Gasteiger partial charge is 0.340 e. The molecule has 0 radical (unpaired) electrons. The molecule has 0 saturated heterocycles. The first-order valence-electron chi connectivity index (χ1n) is 6.58. The Bertz CT molecular complexity index is 659. The highest BCUT2D eigenvalue weighted by atomic mass is 35.5. The van der Waals surface area contributed by atoms with E-state index in [1.807, 2.05) is 17.5 Å². The molecule has 3 N–H and O–H groups in total. The summed E-state index contributed by atoms with van der Waals surface area (Å²) in [6.45, 7) is 0.144. The lowest BCUT2D eigenvalue weighted by Gasteiger charge is -2.08. The summed E-state index contributed by atoms with van der Waals surface area (Å²) in [5, 5.41) is 4.94. The quantitative estimate of drug-likeness (QED) is 0.626. The lowest BCUT2D eigenvalue weighted by molar-refractivity contribution is -0.124. The van der Waals surface area contributed by atoms with E-state index in [2.05, 4.69) is 5.32 Å². The maximum Gasteiger partial charge on any atom is 0.340 e. The largest absolute Gasteiger partial charge is 0.452 e. The molecule has 0 saturated carbocycles. The lowest BCUT2D eigenvalue weighted by atomic mass is 10.2. The number of nitrogen functional groups attached to an aromatic ring is 1. The Balaban J connectivity index is 1.76. The van der Waals surface area contributed by atoms with Crippen LogP contribution in [0, 0.1) is 0 Å². The number of halogens is 1. The van der Waals surface area contributed by atoms with E-state index >= 15 is 0 Å². The van der Waals surface area contributed by atoms with E-state index in [0.29, 0.717) is 6.54 Å². The second-order valence-corrected chi connectivity index (χ2v) is 5.90. The summed E-state index contributed by atoms with van der Waals surface area (Å²) in [6.07, 6.45) is 0.749. The molecule has 1 amide bonds. The average Bonchev–Trinajstić information content (AvgIpc) is 3.01. The molecular weight excluding hydrogens is 324 g/mol. The van der Waals surface area contributed by atoms with Crippen molar-refractivity contribution in [3.63, 3.8) is 0 Å². The fraction of sp³-hybridized carbons (Fsp3) is 0.200. The van der Waals surface area contributed by atoms with Crippen LogP contribution in [0.4, 0.5) is 5.69 Å². The van der Waals surface area contributed by atoms with E-state index in [0.717, 1.165) is 6.42 Å². The second-order valence-electron chi connectivity index (χ2n) is 4.46. The molecule has 0 aliphatic heterocycles. The van der Waals surface area contributed by atoms with Gasteiger partial charge in [-0.1, -0.05) is 23.7 Å². The van der Waals surface area contributed by atoms with E-state index in [4.69, 9.17) is 22.1 Å². The number of amides is 1. The minimum atomic E-state index is -0.673. The third kappa shape index (κ3) is 4.47. The standard InChI is InChI=1S/C15H15ClN2O3S/c16-12-5-1-4-11(14(12)17)15(20)21-9-13(19)18-7-6-10-3-2-8-22-10/h1-5,8H,6-7,9,17H2,(H,18,19). The average molecular weight is 339 g/mol. The van der Waals surface area contributed by atoms with Crippen molar-refractivity contribution in [3.8, 4) is 0 Å². The van der Waals surface area contributed by atoms with Gasteiger partial charge >= 0.3 is 5.97 Å². The van der Waals surface area contributed by atoms with E-state index in [-0.39, 0.29) is 28.8 Å². The monoisotopic (exact) mass is 338 g/mol. The van der Waals surface area contributed by atoms with Gasteiger partial charge in [0.1, 0.15) is 0 Å². The molecule has 0 fully saturated rings. The van der Waals surface area contributed by atoms with Crippen molar-refractivity contribution in [1.29, 1.82) is 0 Å². The van der Waals surface area contributed by atoms with E-state index in [1.54, 1.807) is 23.5 Å². The third-order valence-corrected chi connectivity index (χ3v) is 4.15. The van der Waals surface area contributed by atoms with Crippen molar-refractivity contribution in [2.45, 2.75) is 6.42 Å². The van der Waals surface area contributed by atoms with Crippen LogP contribution in [0.3, 0.4) is 0 Å². The number of carbonyl (C=O) groups is 2. The Labute approximate surface area is 137 Å². The van der Waals surface area contributed by atoms with Crippen LogP contribution in [0.15, 0.2) is 35.7 Å². The Kier molecular flexibility index (Phi) is 5.80. The molecule has 0 bridgehead atoms. The summed E-state index contributed by atoms with van der Waals surface area (Å²) < 4.78 is 4.93. The minimum Gasteiger partial charge on any atom is -0.452 e. The first kappa shape index (κ1) is 16.3. The van der Waals surface area contributed by atoms with Gasteiger partial charge in [-0.15, -0.1) is 11.3 Å². The Hall–Kier alpha value is -2.05. The van der Waals surface area contributed by atoms with Gasteiger partial charge in [0.15, 0.2) is 6.61 Å². The van der Waals surface area contributed by atoms with Crippen LogP contribution in [-0.2, 0) is 16.0 Å². The molecular formula is C15H15ClN2O3S. The van der Waals surface area contributed by atoms with Gasteiger partial charge < -0.3 is 15.8 Å². The topological polar surface area (TPSA) is 81.4 Å². The number of thiophene rings is 1. The van der Waals surface area contributed by atoms with Gasteiger partial charge in [0.2, 0.25) is 0 Å². The number of benzene rings is 1. The normalized spacial score (nSPS) is 10.2. The van der Waals surface area contributed by atoms with Gasteiger partial charge in [-0.25, -0.2) is 4.79 Å². The van der Waals surface area contributed by atoms with E-state index < -0.39 is 5.97 Å². The number of esters is 1. The van der Waals surface area contributed by atoms with Crippen molar-refractivity contribution in [2.75, 3.05) is 18.9 Å². The fourth-order valence-corrected chi connectivity index (χ4v) is 2.64. The van der Waals surface area contributed by atoms with Gasteiger partial charge in [0.25, 0.3) is 5.91 Å². The molecule has 22 heavy (non-hydrogen) atoms. The van der Waals surface area contributed by atoms with Crippen LogP contribution in [0.2, 0.25) is 5.02 Å². The predicted octanol–water partition coefficient (Wildman–Crippen LogP) is 2.50. The van der Waals surface area contributed by atoms with E-state index in [1.165, 1.54) is 10.9 Å². The van der Waals surface area contributed by atoms with Crippen LogP contribution < -0.4 is 11.1 Å². The molecule has 1 aromatic carbocycles. The molecule has 2 rings (SSSR count). The zero-order valence-corrected chi connectivity index (χ0v) is 13.2. The molecule has 0 aliphatic rings. The van der Waals surface area contributed by atoms with Crippen LogP contribution in [0.25, 0.3) is 0 Å². The minimum absolute atomic E-state index is 0.146. The van der Waals surface area contributed by atoms with Crippen molar-refractivity contribution >= 4 is 40.5 Å². The maximum atomic E-state index is 11.8. The van der Waals surface area contributed by atoms with Crippen LogP contribution in [0.1, 0.15) is 15.2 Å². The number of carbonyl (C=O) groups excluding carboxylic acids is 2. The third-order valence-electron chi connectivity index (χ3n) is 2.88. The molecule has 0 aliphatic carbocycles. The SMILES string of the molecule is Nc1c(Cl)cccc1C(=O)OCC(=O)NCCc1cccs1. The first-order chi connectivity index (χ1) is 10.6. The zero-order valence-electron chi connectivity index (χ0n) is 11.7. The summed E-state index contributed by atoms with van der Waals surface area (Å²) in [5.74, 6) is -1.03. The summed E-state index contributed by atoms with van der Waals surface area (Å²) in [4.78, 5) is 24.6. The predicted molar refractivity (Wildman–Crippen MR) is 87.2 cm³/mol. The number of hydrogen-bond acceptors (Lipinski definition) is 5. The van der Waals surface area contributed by atoms with Crippen LogP contribution in [-0.4, -0.2) is 25.0 Å². The number of para-hydroxylation sites is 1. The second kappa shape index (κ2) is 7.82. The molecule has 116 valence electrons. The van der Waals surface area contributed by atoms with Crippen molar-refractivity contribution in [2.24, 2.45) is 0 Å². The van der Waals surface area contributed by atoms with Crippen molar-refractivity contribution in [3.05, 3.63) is 51.2 Å². The molecule has 1 heterocycles. The highest BCUT2D eigenvalue weighted by Crippen LogP contribution is 2.22. The summed E-state index contributed by atoms with van der Waals surface area (Å²) >= 11 is 7.46. The molecule has 0 atom stereocenters. The molecule has 2 aromatic rings. The summed E-state index contributed by atoms with van der Waals surface area (Å²) in [5.41, 5.74) is 5.99. The number of rotatable bonds is 6. The summed E-state index contributed by atoms with van der Waals surface area (Å²) in [7, 11) is 0. The van der Waals surface area contributed by atoms with Gasteiger partial charge in [-0.2, -0.15) is 0 Å². The molecule has 7 heteroatoms. The number of nitrogens with two attached hydrogens (primary N) is 1. The number of anilines is 1. The molecule has 1 aromatic heterocycles. The number of nitrogens with one attached hydrogen (secondary N) is 1. The van der Waals surface area contributed by atoms with Crippen molar-refractivity contribution in [1.82, 2.24) is 5.32 Å². The highest BCUT2D eigenvalue weighted by molar-refractivity contribution is 7.09. The number of ether oxygens (including phenoxy) is 1. The van der Waals surface area contributed by atoms with Crippen molar-refractivity contribution < 1.29 is 14.3 Å². The van der Waals surface area contributed by atoms with Gasteiger partial charge in [-0.05, 0) is 30.0 Å². The zero-order chi connectivity index (χ0) is 15.9. The van der Waals surface area contributed by atoms with Gasteiger partial charge in [0, 0.05) is 11.4 Å². The molecule has 0 unspecified atom stereocenters. The summed E-state index contributed by atoms with van der Waals surface area (Å²) in [6, 6.07) is 8.62. The molecule has 5 nitrogen and oxygen atoms in total. The maximum absolute atomic E-state index is 11.8. The Morgan fingerprint density at radius 1 is 1.27 bits per heavy atom. The van der Waals surface area contributed by atoms with Crippen LogP contribution >= 0.6 is 22.9 Å². The number of hydrogen-bond donors (Lipinski definition) is 2. The lowest BCUT2D eigenvalue weighted by Crippen LogP contribution is -2.30. The fourth-order valence-electron chi connectivity index (χ4n) is 1.75. The molecule has 0 spiro atoms. The van der Waals surface area contributed by atoms with Crippen LogP contribution in [0.5, 0.6) is 0 Å². The van der Waals surface area contributed by atoms with Gasteiger partial charge in [-0.3, -0.25) is 4.79 Å². The first-order valence-corrected chi connectivity index (χ1v) is 7.84.